The molecule has 1 atom stereocenters. The predicted molar refractivity (Wildman–Crippen MR) is 106 cm³/mol. The highest BCUT2D eigenvalue weighted by molar-refractivity contribution is 7.18. The van der Waals surface area contributed by atoms with E-state index in [2.05, 4.69) is 33.8 Å². The fraction of sp³-hybridized carbons (Fsp3) is 0.300. The van der Waals surface area contributed by atoms with Crippen molar-refractivity contribution < 1.29 is 4.74 Å². The zero-order valence-electron chi connectivity index (χ0n) is 14.5. The number of ether oxygens (including phenoxy) is 1. The van der Waals surface area contributed by atoms with Gasteiger partial charge >= 0.3 is 0 Å². The summed E-state index contributed by atoms with van der Waals surface area (Å²) < 4.78 is 5.64. The average Bonchev–Trinajstić information content (AvgIpc) is 2.98. The second-order valence-electron chi connectivity index (χ2n) is 6.38. The zero-order valence-corrected chi connectivity index (χ0v) is 15.3. The molecule has 3 heterocycles. The van der Waals surface area contributed by atoms with Gasteiger partial charge in [0, 0.05) is 30.9 Å². The van der Waals surface area contributed by atoms with Crippen molar-refractivity contribution in [3.63, 3.8) is 0 Å². The highest BCUT2D eigenvalue weighted by Crippen LogP contribution is 2.30. The Balaban J connectivity index is 1.43. The molecule has 0 amide bonds. The van der Waals surface area contributed by atoms with Gasteiger partial charge in [-0.25, -0.2) is 9.97 Å². The van der Waals surface area contributed by atoms with Crippen LogP contribution in [0.15, 0.2) is 54.7 Å². The van der Waals surface area contributed by atoms with Gasteiger partial charge in [0.25, 0.3) is 0 Å². The Morgan fingerprint density at radius 3 is 3.00 bits per heavy atom. The number of thiazole rings is 1. The molecule has 1 aromatic carbocycles. The topological polar surface area (TPSA) is 59.1 Å². The smallest absolute Gasteiger partial charge is 0.188 e. The van der Waals surface area contributed by atoms with Gasteiger partial charge in [-0.3, -0.25) is 0 Å². The number of aromatic nitrogens is 2. The highest BCUT2D eigenvalue weighted by Gasteiger charge is 2.14. The van der Waals surface area contributed by atoms with Crippen molar-refractivity contribution in [2.75, 3.05) is 31.6 Å². The maximum atomic E-state index is 5.64. The molecule has 2 aromatic heterocycles. The second kappa shape index (κ2) is 8.40. The first-order valence-corrected chi connectivity index (χ1v) is 9.71. The van der Waals surface area contributed by atoms with E-state index in [1.807, 2.05) is 36.5 Å². The van der Waals surface area contributed by atoms with E-state index < -0.39 is 0 Å². The highest BCUT2D eigenvalue weighted by atomic mass is 32.1. The SMILES string of the molecule is c1ccc(-c2cnc(Nc3cccc(C[C@H]4CNCCOC4)n3)s2)cc1. The van der Waals surface area contributed by atoms with E-state index in [0.717, 1.165) is 54.2 Å². The number of hydrogen-bond donors (Lipinski definition) is 2. The number of nitrogens with zero attached hydrogens (tertiary/aromatic N) is 2. The Morgan fingerprint density at radius 2 is 2.08 bits per heavy atom. The lowest BCUT2D eigenvalue weighted by molar-refractivity contribution is 0.123. The van der Waals surface area contributed by atoms with Gasteiger partial charge < -0.3 is 15.4 Å². The molecule has 1 aliphatic heterocycles. The Bertz CT molecular complexity index is 829. The van der Waals surface area contributed by atoms with Crippen LogP contribution in [0.25, 0.3) is 10.4 Å². The molecule has 0 radical (unpaired) electrons. The average molecular weight is 366 g/mol. The van der Waals surface area contributed by atoms with Crippen LogP contribution >= 0.6 is 11.3 Å². The minimum Gasteiger partial charge on any atom is -0.380 e. The lowest BCUT2D eigenvalue weighted by Crippen LogP contribution is -2.24. The van der Waals surface area contributed by atoms with E-state index >= 15 is 0 Å². The van der Waals surface area contributed by atoms with E-state index in [4.69, 9.17) is 9.72 Å². The van der Waals surface area contributed by atoms with Gasteiger partial charge in [-0.05, 0) is 24.1 Å². The van der Waals surface area contributed by atoms with Crippen LogP contribution in [0.1, 0.15) is 5.69 Å². The van der Waals surface area contributed by atoms with Gasteiger partial charge in [0.15, 0.2) is 5.13 Å². The lowest BCUT2D eigenvalue weighted by atomic mass is 10.0. The molecule has 5 nitrogen and oxygen atoms in total. The summed E-state index contributed by atoms with van der Waals surface area (Å²) in [7, 11) is 0. The van der Waals surface area contributed by atoms with Crippen molar-refractivity contribution in [3.8, 4) is 10.4 Å². The van der Waals surface area contributed by atoms with E-state index in [-0.39, 0.29) is 0 Å². The van der Waals surface area contributed by atoms with Crippen molar-refractivity contribution in [2.24, 2.45) is 5.92 Å². The molecule has 3 aromatic rings. The van der Waals surface area contributed by atoms with Crippen LogP contribution in [0.2, 0.25) is 0 Å². The molecule has 1 fully saturated rings. The number of benzene rings is 1. The molecule has 0 unspecified atom stereocenters. The minimum atomic E-state index is 0.463. The zero-order chi connectivity index (χ0) is 17.6. The summed E-state index contributed by atoms with van der Waals surface area (Å²) in [5.41, 5.74) is 2.26. The Labute approximate surface area is 157 Å². The Morgan fingerprint density at radius 1 is 1.15 bits per heavy atom. The normalized spacial score (nSPS) is 17.6. The summed E-state index contributed by atoms with van der Waals surface area (Å²) in [5.74, 6) is 1.30. The monoisotopic (exact) mass is 366 g/mol. The minimum absolute atomic E-state index is 0.463. The van der Waals surface area contributed by atoms with Crippen LogP contribution < -0.4 is 10.6 Å². The largest absolute Gasteiger partial charge is 0.380 e. The molecule has 26 heavy (non-hydrogen) atoms. The molecule has 0 spiro atoms. The molecular weight excluding hydrogens is 344 g/mol. The van der Waals surface area contributed by atoms with Gasteiger partial charge in [0.2, 0.25) is 0 Å². The fourth-order valence-electron chi connectivity index (χ4n) is 3.03. The van der Waals surface area contributed by atoms with Gasteiger partial charge in [-0.15, -0.1) is 0 Å². The van der Waals surface area contributed by atoms with E-state index in [1.54, 1.807) is 11.3 Å². The van der Waals surface area contributed by atoms with Crippen LogP contribution in [-0.2, 0) is 11.2 Å². The number of rotatable bonds is 5. The third-order valence-electron chi connectivity index (χ3n) is 4.31. The molecule has 4 rings (SSSR count). The first-order chi connectivity index (χ1) is 12.9. The number of pyridine rings is 1. The van der Waals surface area contributed by atoms with Crippen LogP contribution in [-0.4, -0.2) is 36.3 Å². The van der Waals surface area contributed by atoms with Crippen LogP contribution in [0.3, 0.4) is 0 Å². The Kier molecular flexibility index (Phi) is 5.54. The van der Waals surface area contributed by atoms with E-state index in [1.165, 1.54) is 5.56 Å². The number of anilines is 2. The molecule has 0 saturated carbocycles. The number of hydrogen-bond acceptors (Lipinski definition) is 6. The summed E-state index contributed by atoms with van der Waals surface area (Å²) >= 11 is 1.63. The third-order valence-corrected chi connectivity index (χ3v) is 5.28. The molecule has 1 saturated heterocycles. The molecule has 0 aliphatic carbocycles. The lowest BCUT2D eigenvalue weighted by Gasteiger charge is -2.13. The van der Waals surface area contributed by atoms with Crippen LogP contribution in [0.5, 0.6) is 0 Å². The summed E-state index contributed by atoms with van der Waals surface area (Å²) in [4.78, 5) is 10.4. The van der Waals surface area contributed by atoms with Gasteiger partial charge in [0.1, 0.15) is 5.82 Å². The molecule has 0 bridgehead atoms. The second-order valence-corrected chi connectivity index (χ2v) is 7.41. The fourth-order valence-corrected chi connectivity index (χ4v) is 3.86. The molecular formula is C20H22N4OS. The molecule has 1 aliphatic rings. The van der Waals surface area contributed by atoms with Crippen molar-refractivity contribution in [3.05, 3.63) is 60.4 Å². The first-order valence-electron chi connectivity index (χ1n) is 8.89. The van der Waals surface area contributed by atoms with Crippen molar-refractivity contribution >= 4 is 22.3 Å². The van der Waals surface area contributed by atoms with Crippen molar-refractivity contribution in [1.82, 2.24) is 15.3 Å². The standard InChI is InChI=1S/C20H22N4OS/c1-2-5-16(6-3-1)18-13-22-20(26-18)24-19-8-4-7-17(23-19)11-15-12-21-9-10-25-14-15/h1-8,13,15,21H,9-12,14H2,(H,22,23,24)/t15-/m0/s1. The summed E-state index contributed by atoms with van der Waals surface area (Å²) in [6.45, 7) is 3.49. The Hall–Kier alpha value is -2.28. The van der Waals surface area contributed by atoms with Crippen LogP contribution in [0.4, 0.5) is 10.9 Å². The third kappa shape index (κ3) is 4.46. The maximum Gasteiger partial charge on any atom is 0.188 e. The van der Waals surface area contributed by atoms with Gasteiger partial charge in [-0.1, -0.05) is 47.7 Å². The summed E-state index contributed by atoms with van der Waals surface area (Å²) in [5, 5.41) is 7.60. The van der Waals surface area contributed by atoms with E-state index in [0.29, 0.717) is 5.92 Å². The summed E-state index contributed by atoms with van der Waals surface area (Å²) in [6, 6.07) is 16.4. The number of nitrogens with one attached hydrogen (secondary N) is 2. The van der Waals surface area contributed by atoms with Crippen LogP contribution in [0, 0.1) is 5.92 Å². The molecule has 2 N–H and O–H groups in total. The van der Waals surface area contributed by atoms with Crippen molar-refractivity contribution in [2.45, 2.75) is 6.42 Å². The predicted octanol–water partition coefficient (Wildman–Crippen LogP) is 3.73. The summed E-state index contributed by atoms with van der Waals surface area (Å²) in [6.07, 6.45) is 2.82. The van der Waals surface area contributed by atoms with Gasteiger partial charge in [-0.2, -0.15) is 0 Å². The van der Waals surface area contributed by atoms with E-state index in [9.17, 15) is 0 Å². The van der Waals surface area contributed by atoms with Crippen molar-refractivity contribution in [1.29, 1.82) is 0 Å². The quantitative estimate of drug-likeness (QED) is 0.721. The first kappa shape index (κ1) is 17.1. The van der Waals surface area contributed by atoms with Gasteiger partial charge in [0.05, 0.1) is 18.1 Å². The molecule has 6 heteroatoms. The maximum absolute atomic E-state index is 5.64. The molecule has 134 valence electrons.